The molecule has 15 heavy (non-hydrogen) atoms. The van der Waals surface area contributed by atoms with Gasteiger partial charge in [-0.05, 0) is 18.2 Å². The van der Waals surface area contributed by atoms with Crippen molar-refractivity contribution < 1.29 is 0 Å². The first-order valence-corrected chi connectivity index (χ1v) is 5.40. The number of hydrogen-bond donors (Lipinski definition) is 2. The molecule has 1 aromatic carbocycles. The lowest BCUT2D eigenvalue weighted by molar-refractivity contribution is 1.09. The Morgan fingerprint density at radius 3 is 2.93 bits per heavy atom. The summed E-state index contributed by atoms with van der Waals surface area (Å²) in [7, 11) is 0. The van der Waals surface area contributed by atoms with Crippen LogP contribution in [0.15, 0.2) is 41.3 Å². The molecule has 74 valence electrons. The zero-order valence-electron chi connectivity index (χ0n) is 7.79. The van der Waals surface area contributed by atoms with E-state index in [0.717, 1.165) is 15.6 Å². The molecule has 3 rings (SSSR count). The van der Waals surface area contributed by atoms with Crippen molar-refractivity contribution in [1.29, 1.82) is 0 Å². The van der Waals surface area contributed by atoms with Crippen LogP contribution in [0.3, 0.4) is 0 Å². The van der Waals surface area contributed by atoms with Crippen LogP contribution >= 0.6 is 15.9 Å². The first-order chi connectivity index (χ1) is 7.34. The Morgan fingerprint density at radius 1 is 1.20 bits per heavy atom. The van der Waals surface area contributed by atoms with E-state index in [1.54, 1.807) is 0 Å². The Bertz CT molecular complexity index is 595. The molecule has 3 aromatic rings. The fraction of sp³-hybridized carbons (Fsp3) is 0. The molecule has 0 aliphatic heterocycles. The zero-order chi connectivity index (χ0) is 10.3. The standard InChI is InChI=1S/C11H8BrN3/c12-8-1-2-11-9(3-8)10(6-13-11)7-4-14-15-5-7/h1-6,13H,(H,14,15). The summed E-state index contributed by atoms with van der Waals surface area (Å²) in [6.45, 7) is 0. The maximum absolute atomic E-state index is 3.96. The molecule has 0 aliphatic rings. The number of rotatable bonds is 1. The summed E-state index contributed by atoms with van der Waals surface area (Å²) in [6, 6.07) is 6.19. The largest absolute Gasteiger partial charge is 0.361 e. The molecule has 2 aromatic heterocycles. The second-order valence-corrected chi connectivity index (χ2v) is 4.29. The number of aromatic nitrogens is 3. The van der Waals surface area contributed by atoms with Crippen molar-refractivity contribution in [2.75, 3.05) is 0 Å². The van der Waals surface area contributed by atoms with E-state index in [0.29, 0.717) is 0 Å². The number of H-pyrrole nitrogens is 2. The van der Waals surface area contributed by atoms with Crippen LogP contribution in [0, 0.1) is 0 Å². The molecule has 0 fully saturated rings. The fourth-order valence-electron chi connectivity index (χ4n) is 1.73. The molecule has 2 N–H and O–H groups in total. The second kappa shape index (κ2) is 3.24. The number of benzene rings is 1. The highest BCUT2D eigenvalue weighted by atomic mass is 79.9. The van der Waals surface area contributed by atoms with Gasteiger partial charge < -0.3 is 4.98 Å². The van der Waals surface area contributed by atoms with E-state index in [2.05, 4.69) is 43.2 Å². The fourth-order valence-corrected chi connectivity index (χ4v) is 2.09. The molecule has 4 heteroatoms. The van der Waals surface area contributed by atoms with Crippen molar-refractivity contribution in [2.45, 2.75) is 0 Å². The molecule has 0 unspecified atom stereocenters. The maximum Gasteiger partial charge on any atom is 0.0566 e. The quantitative estimate of drug-likeness (QED) is 0.694. The Labute approximate surface area is 94.6 Å². The van der Waals surface area contributed by atoms with Gasteiger partial charge in [-0.3, -0.25) is 5.10 Å². The number of fused-ring (bicyclic) bond motifs is 1. The smallest absolute Gasteiger partial charge is 0.0566 e. The highest BCUT2D eigenvalue weighted by Gasteiger charge is 2.06. The van der Waals surface area contributed by atoms with Crippen LogP contribution in [0.1, 0.15) is 0 Å². The molecule has 0 saturated carbocycles. The van der Waals surface area contributed by atoms with E-state index in [1.807, 2.05) is 24.7 Å². The lowest BCUT2D eigenvalue weighted by Gasteiger charge is -1.95. The van der Waals surface area contributed by atoms with E-state index >= 15 is 0 Å². The van der Waals surface area contributed by atoms with E-state index in [-0.39, 0.29) is 0 Å². The topological polar surface area (TPSA) is 44.5 Å². The first-order valence-electron chi connectivity index (χ1n) is 4.60. The van der Waals surface area contributed by atoms with Crippen LogP contribution in [0.2, 0.25) is 0 Å². The maximum atomic E-state index is 3.96. The SMILES string of the molecule is Brc1ccc2[nH]cc(-c3cn[nH]c3)c2c1. The van der Waals surface area contributed by atoms with Crippen molar-refractivity contribution in [3.8, 4) is 11.1 Å². The minimum atomic E-state index is 1.08. The van der Waals surface area contributed by atoms with Gasteiger partial charge >= 0.3 is 0 Å². The van der Waals surface area contributed by atoms with E-state index in [4.69, 9.17) is 0 Å². The van der Waals surface area contributed by atoms with Gasteiger partial charge in [-0.25, -0.2) is 0 Å². The van der Waals surface area contributed by atoms with Crippen LogP contribution in [-0.2, 0) is 0 Å². The summed E-state index contributed by atoms with van der Waals surface area (Å²) in [5, 5.41) is 7.98. The molecule has 0 radical (unpaired) electrons. The number of nitrogens with zero attached hydrogens (tertiary/aromatic N) is 1. The molecule has 0 aliphatic carbocycles. The number of hydrogen-bond acceptors (Lipinski definition) is 1. The molecule has 0 atom stereocenters. The van der Waals surface area contributed by atoms with Crippen LogP contribution in [0.5, 0.6) is 0 Å². The third kappa shape index (κ3) is 1.37. The Balaban J connectivity index is 2.32. The third-order valence-corrected chi connectivity index (χ3v) is 2.95. The molecule has 0 saturated heterocycles. The van der Waals surface area contributed by atoms with Gasteiger partial charge in [0.05, 0.1) is 6.20 Å². The van der Waals surface area contributed by atoms with Crippen molar-refractivity contribution in [2.24, 2.45) is 0 Å². The minimum Gasteiger partial charge on any atom is -0.361 e. The molecule has 3 nitrogen and oxygen atoms in total. The highest BCUT2D eigenvalue weighted by Crippen LogP contribution is 2.29. The average molecular weight is 262 g/mol. The van der Waals surface area contributed by atoms with Crippen LogP contribution in [0.4, 0.5) is 0 Å². The summed E-state index contributed by atoms with van der Waals surface area (Å²) < 4.78 is 1.08. The predicted octanol–water partition coefficient (Wildman–Crippen LogP) is 3.32. The normalized spacial score (nSPS) is 11.0. The molecular weight excluding hydrogens is 254 g/mol. The number of nitrogens with one attached hydrogen (secondary N) is 2. The van der Waals surface area contributed by atoms with Gasteiger partial charge in [-0.15, -0.1) is 0 Å². The Hall–Kier alpha value is -1.55. The predicted molar refractivity (Wildman–Crippen MR) is 63.6 cm³/mol. The Kier molecular flexibility index (Phi) is 1.89. The molecular formula is C11H8BrN3. The number of aromatic amines is 2. The first kappa shape index (κ1) is 8.73. The summed E-state index contributed by atoms with van der Waals surface area (Å²) >= 11 is 3.48. The summed E-state index contributed by atoms with van der Waals surface area (Å²) in [5.74, 6) is 0. The molecule has 2 heterocycles. The lowest BCUT2D eigenvalue weighted by Crippen LogP contribution is -1.71. The van der Waals surface area contributed by atoms with Crippen molar-refractivity contribution in [1.82, 2.24) is 15.2 Å². The minimum absolute atomic E-state index is 1.08. The van der Waals surface area contributed by atoms with Gasteiger partial charge in [0.1, 0.15) is 0 Å². The van der Waals surface area contributed by atoms with E-state index < -0.39 is 0 Å². The Morgan fingerprint density at radius 2 is 2.13 bits per heavy atom. The van der Waals surface area contributed by atoms with E-state index in [1.165, 1.54) is 10.9 Å². The summed E-state index contributed by atoms with van der Waals surface area (Å²) in [4.78, 5) is 3.24. The van der Waals surface area contributed by atoms with Gasteiger partial charge in [-0.2, -0.15) is 5.10 Å². The molecule has 0 bridgehead atoms. The van der Waals surface area contributed by atoms with Gasteiger partial charge in [-0.1, -0.05) is 15.9 Å². The van der Waals surface area contributed by atoms with Gasteiger partial charge in [0, 0.05) is 38.9 Å². The summed E-state index contributed by atoms with van der Waals surface area (Å²) in [5.41, 5.74) is 3.40. The van der Waals surface area contributed by atoms with Gasteiger partial charge in [0.25, 0.3) is 0 Å². The lowest BCUT2D eigenvalue weighted by atomic mass is 10.1. The van der Waals surface area contributed by atoms with Crippen LogP contribution in [-0.4, -0.2) is 15.2 Å². The zero-order valence-corrected chi connectivity index (χ0v) is 9.38. The van der Waals surface area contributed by atoms with Crippen LogP contribution in [0.25, 0.3) is 22.0 Å². The number of halogens is 1. The second-order valence-electron chi connectivity index (χ2n) is 3.38. The summed E-state index contributed by atoms with van der Waals surface area (Å²) in [6.07, 6.45) is 5.72. The third-order valence-electron chi connectivity index (χ3n) is 2.45. The van der Waals surface area contributed by atoms with Crippen molar-refractivity contribution in [3.63, 3.8) is 0 Å². The molecule has 0 amide bonds. The van der Waals surface area contributed by atoms with Crippen LogP contribution < -0.4 is 0 Å². The van der Waals surface area contributed by atoms with Crippen molar-refractivity contribution >= 4 is 26.8 Å². The van der Waals surface area contributed by atoms with E-state index in [9.17, 15) is 0 Å². The highest BCUT2D eigenvalue weighted by molar-refractivity contribution is 9.10. The average Bonchev–Trinajstić information content (AvgIpc) is 2.83. The van der Waals surface area contributed by atoms with Gasteiger partial charge in [0.15, 0.2) is 0 Å². The monoisotopic (exact) mass is 261 g/mol. The van der Waals surface area contributed by atoms with Gasteiger partial charge in [0.2, 0.25) is 0 Å². The van der Waals surface area contributed by atoms with Crippen molar-refractivity contribution in [3.05, 3.63) is 41.3 Å². The molecule has 0 spiro atoms.